The number of carbonyl (C=O) groups is 2. The van der Waals surface area contributed by atoms with E-state index in [0.29, 0.717) is 13.1 Å². The molecular weight excluding hydrogens is 457 g/mol. The number of rotatable bonds is 4. The number of amides is 2. The third-order valence-corrected chi connectivity index (χ3v) is 6.13. The van der Waals surface area contributed by atoms with Gasteiger partial charge >= 0.3 is 6.18 Å². The summed E-state index contributed by atoms with van der Waals surface area (Å²) >= 11 is 1.12. The van der Waals surface area contributed by atoms with Crippen molar-refractivity contribution < 1.29 is 27.2 Å². The van der Waals surface area contributed by atoms with Crippen LogP contribution in [0.1, 0.15) is 32.2 Å². The van der Waals surface area contributed by atoms with Gasteiger partial charge in [-0.25, -0.2) is 4.98 Å². The van der Waals surface area contributed by atoms with Crippen molar-refractivity contribution in [3.05, 3.63) is 58.3 Å². The Kier molecular flexibility index (Phi) is 6.26. The van der Waals surface area contributed by atoms with E-state index in [9.17, 15) is 22.8 Å². The molecule has 0 radical (unpaired) electrons. The predicted octanol–water partition coefficient (Wildman–Crippen LogP) is 4.37. The third-order valence-electron chi connectivity index (χ3n) is 5.37. The van der Waals surface area contributed by atoms with Crippen LogP contribution in [-0.2, 0) is 6.18 Å². The summed E-state index contributed by atoms with van der Waals surface area (Å²) in [6, 6.07) is 6.09. The van der Waals surface area contributed by atoms with Crippen molar-refractivity contribution in [2.24, 2.45) is 0 Å². The molecule has 0 atom stereocenters. The fraction of sp³-hybridized carbons (Fsp3) is 0.318. The molecule has 2 aromatic heterocycles. The lowest BCUT2D eigenvalue weighted by atomic mass is 10.1. The Labute approximate surface area is 191 Å². The average Bonchev–Trinajstić information content (AvgIpc) is 3.40. The van der Waals surface area contributed by atoms with Gasteiger partial charge in [0.25, 0.3) is 11.8 Å². The van der Waals surface area contributed by atoms with Crippen LogP contribution >= 0.6 is 11.3 Å². The molecule has 1 saturated heterocycles. The van der Waals surface area contributed by atoms with Gasteiger partial charge in [-0.15, -0.1) is 11.3 Å². The quantitative estimate of drug-likeness (QED) is 0.603. The number of thiazole rings is 1. The normalized spacial score (nSPS) is 15.0. The second-order valence-corrected chi connectivity index (χ2v) is 8.60. The minimum absolute atomic E-state index is 0.147. The first-order valence-electron chi connectivity index (χ1n) is 10.1. The Balaban J connectivity index is 1.47. The molecule has 7 nitrogen and oxygen atoms in total. The number of aromatic nitrogens is 1. The maximum absolute atomic E-state index is 13.0. The van der Waals surface area contributed by atoms with E-state index in [1.807, 2.05) is 7.05 Å². The molecule has 0 saturated carbocycles. The molecule has 0 bridgehead atoms. The fourth-order valence-electron chi connectivity index (χ4n) is 3.46. The van der Waals surface area contributed by atoms with Gasteiger partial charge in [0.1, 0.15) is 17.2 Å². The Morgan fingerprint density at radius 1 is 1.15 bits per heavy atom. The van der Waals surface area contributed by atoms with E-state index in [-0.39, 0.29) is 39.4 Å². The molecule has 2 amide bonds. The number of furan rings is 1. The highest BCUT2D eigenvalue weighted by Crippen LogP contribution is 2.33. The highest BCUT2D eigenvalue weighted by Gasteiger charge is 2.31. The van der Waals surface area contributed by atoms with Crippen molar-refractivity contribution in [3.8, 4) is 11.3 Å². The maximum Gasteiger partial charge on any atom is 0.416 e. The van der Waals surface area contributed by atoms with Crippen LogP contribution in [0.3, 0.4) is 0 Å². The average molecular weight is 478 g/mol. The number of nitrogens with one attached hydrogen (secondary N) is 1. The van der Waals surface area contributed by atoms with E-state index >= 15 is 0 Å². The van der Waals surface area contributed by atoms with Gasteiger partial charge < -0.3 is 14.2 Å². The highest BCUT2D eigenvalue weighted by atomic mass is 32.1. The van der Waals surface area contributed by atoms with Gasteiger partial charge in [-0.2, -0.15) is 13.2 Å². The molecule has 11 heteroatoms. The second-order valence-electron chi connectivity index (χ2n) is 7.75. The van der Waals surface area contributed by atoms with Gasteiger partial charge in [-0.05, 0) is 32.2 Å². The summed E-state index contributed by atoms with van der Waals surface area (Å²) in [4.78, 5) is 33.5. The van der Waals surface area contributed by atoms with Crippen LogP contribution in [0.5, 0.6) is 0 Å². The number of hydrogen-bond donors (Lipinski definition) is 1. The van der Waals surface area contributed by atoms with E-state index in [2.05, 4.69) is 15.2 Å². The van der Waals surface area contributed by atoms with Crippen LogP contribution in [-0.4, -0.2) is 59.8 Å². The minimum Gasteiger partial charge on any atom is -0.461 e. The van der Waals surface area contributed by atoms with Crippen LogP contribution in [0.15, 0.2) is 40.1 Å². The summed E-state index contributed by atoms with van der Waals surface area (Å²) in [5.41, 5.74) is -0.167. The second kappa shape index (κ2) is 8.99. The number of carbonyl (C=O) groups excluding carboxylic acids is 2. The fourth-order valence-corrected chi connectivity index (χ4v) is 4.14. The standard InChI is InChI=1S/C22H21F3N4O3S/c1-13-16(11-18(32-13)14-4-3-5-15(10-14)22(23,24)25)19(30)27-21-26-17(12-33-21)20(31)29-8-6-28(2)7-9-29/h3-5,10-12H,6-9H2,1-2H3,(H,26,27,30). The highest BCUT2D eigenvalue weighted by molar-refractivity contribution is 7.14. The largest absolute Gasteiger partial charge is 0.461 e. The molecule has 0 aliphatic carbocycles. The summed E-state index contributed by atoms with van der Waals surface area (Å²) in [7, 11) is 1.99. The summed E-state index contributed by atoms with van der Waals surface area (Å²) in [5, 5.41) is 4.47. The van der Waals surface area contributed by atoms with Gasteiger partial charge in [0.05, 0.1) is 11.1 Å². The topological polar surface area (TPSA) is 78.7 Å². The van der Waals surface area contributed by atoms with Crippen LogP contribution < -0.4 is 5.32 Å². The van der Waals surface area contributed by atoms with E-state index in [1.54, 1.807) is 17.2 Å². The zero-order valence-electron chi connectivity index (χ0n) is 17.9. The number of alkyl halides is 3. The molecule has 33 heavy (non-hydrogen) atoms. The van der Waals surface area contributed by atoms with Crippen molar-refractivity contribution in [2.45, 2.75) is 13.1 Å². The number of aryl methyl sites for hydroxylation is 1. The Morgan fingerprint density at radius 2 is 1.88 bits per heavy atom. The SMILES string of the molecule is Cc1oc(-c2cccc(C(F)(F)F)c2)cc1C(=O)Nc1nc(C(=O)N2CCN(C)CC2)cs1. The van der Waals surface area contributed by atoms with Crippen LogP contribution in [0.25, 0.3) is 11.3 Å². The smallest absolute Gasteiger partial charge is 0.416 e. The number of anilines is 1. The summed E-state index contributed by atoms with van der Waals surface area (Å²) in [5.74, 6) is -0.312. The molecule has 0 unspecified atom stereocenters. The van der Waals surface area contributed by atoms with E-state index in [0.717, 1.165) is 36.6 Å². The molecular formula is C22H21F3N4O3S. The first kappa shape index (κ1) is 23.0. The summed E-state index contributed by atoms with van der Waals surface area (Å²) < 4.78 is 44.6. The molecule has 174 valence electrons. The molecule has 1 aromatic carbocycles. The molecule has 1 aliphatic rings. The number of piperazine rings is 1. The number of likely N-dealkylation sites (N-methyl/N-ethyl adjacent to an activating group) is 1. The van der Waals surface area contributed by atoms with Crippen molar-refractivity contribution in [3.63, 3.8) is 0 Å². The van der Waals surface area contributed by atoms with Crippen molar-refractivity contribution in [1.82, 2.24) is 14.8 Å². The Morgan fingerprint density at radius 3 is 2.58 bits per heavy atom. The summed E-state index contributed by atoms with van der Waals surface area (Å²) in [6.07, 6.45) is -4.48. The zero-order chi connectivity index (χ0) is 23.8. The molecule has 1 fully saturated rings. The Hall–Kier alpha value is -3.18. The van der Waals surface area contributed by atoms with E-state index < -0.39 is 17.6 Å². The first-order chi connectivity index (χ1) is 15.6. The van der Waals surface area contributed by atoms with E-state index in [1.165, 1.54) is 18.2 Å². The lowest BCUT2D eigenvalue weighted by Crippen LogP contribution is -2.47. The molecule has 0 spiro atoms. The molecule has 1 aliphatic heterocycles. The number of benzene rings is 1. The number of halogens is 3. The lowest BCUT2D eigenvalue weighted by Gasteiger charge is -2.31. The minimum atomic E-state index is -4.48. The van der Waals surface area contributed by atoms with Crippen LogP contribution in [0, 0.1) is 6.92 Å². The number of hydrogen-bond acceptors (Lipinski definition) is 6. The zero-order valence-corrected chi connectivity index (χ0v) is 18.7. The van der Waals surface area contributed by atoms with Gasteiger partial charge in [0.15, 0.2) is 5.13 Å². The van der Waals surface area contributed by atoms with Crippen molar-refractivity contribution >= 4 is 28.3 Å². The molecule has 3 aromatic rings. The van der Waals surface area contributed by atoms with Crippen molar-refractivity contribution in [1.29, 1.82) is 0 Å². The van der Waals surface area contributed by atoms with Gasteiger partial charge in [-0.1, -0.05) is 12.1 Å². The first-order valence-corrected chi connectivity index (χ1v) is 11.0. The van der Waals surface area contributed by atoms with Crippen LogP contribution in [0.4, 0.5) is 18.3 Å². The maximum atomic E-state index is 13.0. The van der Waals surface area contributed by atoms with Crippen molar-refractivity contribution in [2.75, 3.05) is 38.5 Å². The van der Waals surface area contributed by atoms with Gasteiger partial charge in [0.2, 0.25) is 0 Å². The Bertz CT molecular complexity index is 1180. The lowest BCUT2D eigenvalue weighted by molar-refractivity contribution is -0.137. The molecule has 4 rings (SSSR count). The van der Waals surface area contributed by atoms with Gasteiger partial charge in [0, 0.05) is 37.1 Å². The monoisotopic (exact) mass is 478 g/mol. The molecule has 1 N–H and O–H groups in total. The third kappa shape index (κ3) is 5.09. The van der Waals surface area contributed by atoms with Crippen LogP contribution in [0.2, 0.25) is 0 Å². The van der Waals surface area contributed by atoms with Gasteiger partial charge in [-0.3, -0.25) is 14.9 Å². The summed E-state index contributed by atoms with van der Waals surface area (Å²) in [6.45, 7) is 4.35. The van der Waals surface area contributed by atoms with E-state index in [4.69, 9.17) is 4.42 Å². The number of nitrogens with zero attached hydrogens (tertiary/aromatic N) is 3. The predicted molar refractivity (Wildman–Crippen MR) is 117 cm³/mol. The molecule has 3 heterocycles.